The van der Waals surface area contributed by atoms with Crippen LogP contribution in [0.25, 0.3) is 0 Å². The number of esters is 1. The van der Waals surface area contributed by atoms with E-state index in [9.17, 15) is 4.79 Å². The smallest absolute Gasteiger partial charge is 0.330 e. The van der Waals surface area contributed by atoms with Gasteiger partial charge in [0.1, 0.15) is 0 Å². The zero-order valence-corrected chi connectivity index (χ0v) is 6.33. The average molecular weight is 140 g/mol. The van der Waals surface area contributed by atoms with Crippen LogP contribution in [0.5, 0.6) is 0 Å². The van der Waals surface area contributed by atoms with Crippen LogP contribution >= 0.6 is 0 Å². The summed E-state index contributed by atoms with van der Waals surface area (Å²) in [5.74, 6) is -0.319. The average Bonchev–Trinajstić information content (AvgIpc) is 1.98. The molecule has 0 rings (SSSR count). The van der Waals surface area contributed by atoms with E-state index >= 15 is 0 Å². The second kappa shape index (κ2) is 6.08. The van der Waals surface area contributed by atoms with Crippen molar-refractivity contribution in [3.8, 4) is 0 Å². The summed E-state index contributed by atoms with van der Waals surface area (Å²) in [6, 6.07) is 0. The van der Waals surface area contributed by atoms with Gasteiger partial charge in [0.15, 0.2) is 0 Å². The number of methoxy groups -OCH3 is 1. The highest BCUT2D eigenvalue weighted by atomic mass is 16.5. The van der Waals surface area contributed by atoms with Crippen molar-refractivity contribution in [3.63, 3.8) is 0 Å². The first kappa shape index (κ1) is 8.95. The molecule has 0 saturated heterocycles. The maximum atomic E-state index is 10.4. The van der Waals surface area contributed by atoms with Crippen molar-refractivity contribution in [2.75, 3.05) is 7.11 Å². The Labute approximate surface area is 61.2 Å². The first-order valence-electron chi connectivity index (χ1n) is 3.22. The zero-order chi connectivity index (χ0) is 7.82. The number of allylic oxidation sites excluding steroid dienone is 3. The first-order valence-corrected chi connectivity index (χ1v) is 3.22. The summed E-state index contributed by atoms with van der Waals surface area (Å²) in [5.41, 5.74) is 0. The van der Waals surface area contributed by atoms with Crippen LogP contribution in [0.1, 0.15) is 13.3 Å². The number of rotatable bonds is 3. The summed E-state index contributed by atoms with van der Waals surface area (Å²) in [6.45, 7) is 2.03. The molecule has 0 aliphatic rings. The van der Waals surface area contributed by atoms with Gasteiger partial charge in [0, 0.05) is 6.08 Å². The standard InChI is InChI=1S/C8H12O2/c1-3-4-5-6-7-8(9)10-2/h4-7H,3H2,1-2H3/b5-4-,7-6+. The predicted molar refractivity (Wildman–Crippen MR) is 40.6 cm³/mol. The quantitative estimate of drug-likeness (QED) is 0.338. The van der Waals surface area contributed by atoms with E-state index in [0.717, 1.165) is 6.42 Å². The molecule has 0 fully saturated rings. The second-order valence-corrected chi connectivity index (χ2v) is 1.72. The van der Waals surface area contributed by atoms with Gasteiger partial charge in [0.05, 0.1) is 7.11 Å². The normalized spacial score (nSPS) is 11.0. The Morgan fingerprint density at radius 1 is 1.50 bits per heavy atom. The Morgan fingerprint density at radius 2 is 2.20 bits per heavy atom. The van der Waals surface area contributed by atoms with E-state index in [-0.39, 0.29) is 5.97 Å². The van der Waals surface area contributed by atoms with Crippen LogP contribution in [0.2, 0.25) is 0 Å². The number of carbonyl (C=O) groups excluding carboxylic acids is 1. The molecule has 0 atom stereocenters. The summed E-state index contributed by atoms with van der Waals surface area (Å²) in [7, 11) is 1.36. The molecule has 0 N–H and O–H groups in total. The fourth-order valence-electron chi connectivity index (χ4n) is 0.417. The minimum absolute atomic E-state index is 0.319. The minimum Gasteiger partial charge on any atom is -0.466 e. The third-order valence-electron chi connectivity index (χ3n) is 0.916. The highest BCUT2D eigenvalue weighted by Crippen LogP contribution is 1.82. The lowest BCUT2D eigenvalue weighted by Crippen LogP contribution is -1.92. The summed E-state index contributed by atoms with van der Waals surface area (Å²) >= 11 is 0. The Bertz CT molecular complexity index is 145. The van der Waals surface area contributed by atoms with E-state index in [4.69, 9.17) is 0 Å². The van der Waals surface area contributed by atoms with E-state index in [1.165, 1.54) is 13.2 Å². The third-order valence-corrected chi connectivity index (χ3v) is 0.916. The summed E-state index contributed by atoms with van der Waals surface area (Å²) in [5, 5.41) is 0. The molecule has 0 aromatic rings. The lowest BCUT2D eigenvalue weighted by Gasteiger charge is -1.85. The molecule has 0 aromatic heterocycles. The molecule has 2 nitrogen and oxygen atoms in total. The van der Waals surface area contributed by atoms with Crippen molar-refractivity contribution in [2.45, 2.75) is 13.3 Å². The lowest BCUT2D eigenvalue weighted by atomic mass is 10.4. The topological polar surface area (TPSA) is 26.3 Å². The van der Waals surface area contributed by atoms with Crippen LogP contribution in [0.4, 0.5) is 0 Å². The molecule has 0 aliphatic heterocycles. The van der Waals surface area contributed by atoms with E-state index < -0.39 is 0 Å². The van der Waals surface area contributed by atoms with Crippen LogP contribution in [0.15, 0.2) is 24.3 Å². The maximum absolute atomic E-state index is 10.4. The maximum Gasteiger partial charge on any atom is 0.330 e. The SMILES string of the molecule is CC/C=C\C=C\C(=O)OC. The second-order valence-electron chi connectivity index (χ2n) is 1.72. The molecular weight excluding hydrogens is 128 g/mol. The predicted octanol–water partition coefficient (Wildman–Crippen LogP) is 1.68. The van der Waals surface area contributed by atoms with Gasteiger partial charge in [-0.25, -0.2) is 4.79 Å². The number of ether oxygens (including phenoxy) is 1. The van der Waals surface area contributed by atoms with Crippen LogP contribution in [-0.2, 0) is 9.53 Å². The molecular formula is C8H12O2. The monoisotopic (exact) mass is 140 g/mol. The van der Waals surface area contributed by atoms with Gasteiger partial charge >= 0.3 is 5.97 Å². The Morgan fingerprint density at radius 3 is 2.70 bits per heavy atom. The van der Waals surface area contributed by atoms with Gasteiger partial charge in [-0.05, 0) is 6.42 Å². The molecule has 0 saturated carbocycles. The Balaban J connectivity index is 3.55. The molecule has 2 heteroatoms. The van der Waals surface area contributed by atoms with Crippen molar-refractivity contribution in [1.82, 2.24) is 0 Å². The van der Waals surface area contributed by atoms with E-state index in [1.807, 2.05) is 19.1 Å². The van der Waals surface area contributed by atoms with Gasteiger partial charge in [0.2, 0.25) is 0 Å². The van der Waals surface area contributed by atoms with E-state index in [2.05, 4.69) is 4.74 Å². The zero-order valence-electron chi connectivity index (χ0n) is 6.33. The fourth-order valence-corrected chi connectivity index (χ4v) is 0.417. The molecule has 0 bridgehead atoms. The van der Waals surface area contributed by atoms with Crippen LogP contribution < -0.4 is 0 Å². The third kappa shape index (κ3) is 5.09. The summed E-state index contributed by atoms with van der Waals surface area (Å²) < 4.78 is 4.37. The highest BCUT2D eigenvalue weighted by molar-refractivity contribution is 5.82. The number of hydrogen-bond acceptors (Lipinski definition) is 2. The summed E-state index contributed by atoms with van der Waals surface area (Å²) in [4.78, 5) is 10.4. The van der Waals surface area contributed by atoms with Crippen molar-refractivity contribution < 1.29 is 9.53 Å². The number of carbonyl (C=O) groups is 1. The van der Waals surface area contributed by atoms with Gasteiger partial charge in [-0.15, -0.1) is 0 Å². The Hall–Kier alpha value is -1.05. The van der Waals surface area contributed by atoms with Gasteiger partial charge in [-0.1, -0.05) is 25.2 Å². The molecule has 0 spiro atoms. The van der Waals surface area contributed by atoms with E-state index in [1.54, 1.807) is 6.08 Å². The first-order chi connectivity index (χ1) is 4.81. The number of hydrogen-bond donors (Lipinski definition) is 0. The van der Waals surface area contributed by atoms with Crippen molar-refractivity contribution in [1.29, 1.82) is 0 Å². The molecule has 0 aromatic carbocycles. The van der Waals surface area contributed by atoms with Gasteiger partial charge in [0.25, 0.3) is 0 Å². The van der Waals surface area contributed by atoms with Crippen LogP contribution in [0.3, 0.4) is 0 Å². The van der Waals surface area contributed by atoms with Crippen molar-refractivity contribution >= 4 is 5.97 Å². The molecule has 0 amide bonds. The molecule has 10 heavy (non-hydrogen) atoms. The largest absolute Gasteiger partial charge is 0.466 e. The summed E-state index contributed by atoms with van der Waals surface area (Å²) in [6.07, 6.45) is 7.80. The van der Waals surface area contributed by atoms with Crippen molar-refractivity contribution in [3.05, 3.63) is 24.3 Å². The van der Waals surface area contributed by atoms with Crippen LogP contribution in [0, 0.1) is 0 Å². The minimum atomic E-state index is -0.319. The molecule has 0 heterocycles. The Kier molecular flexibility index (Phi) is 5.44. The lowest BCUT2D eigenvalue weighted by molar-refractivity contribution is -0.134. The van der Waals surface area contributed by atoms with Crippen molar-refractivity contribution in [2.24, 2.45) is 0 Å². The molecule has 56 valence electrons. The highest BCUT2D eigenvalue weighted by Gasteiger charge is 1.85. The molecule has 0 radical (unpaired) electrons. The molecule has 0 aliphatic carbocycles. The van der Waals surface area contributed by atoms with Gasteiger partial charge in [-0.3, -0.25) is 0 Å². The fraction of sp³-hybridized carbons (Fsp3) is 0.375. The van der Waals surface area contributed by atoms with E-state index in [0.29, 0.717) is 0 Å². The van der Waals surface area contributed by atoms with Gasteiger partial charge in [-0.2, -0.15) is 0 Å². The van der Waals surface area contributed by atoms with Crippen LogP contribution in [-0.4, -0.2) is 13.1 Å². The van der Waals surface area contributed by atoms with Gasteiger partial charge < -0.3 is 4.74 Å². The molecule has 0 unspecified atom stereocenters.